The molecule has 2 aromatic carbocycles. The summed E-state index contributed by atoms with van der Waals surface area (Å²) < 4.78 is 30.9. The molecule has 1 fully saturated rings. The second-order valence-electron chi connectivity index (χ2n) is 8.43. The minimum absolute atomic E-state index is 0.159. The van der Waals surface area contributed by atoms with Gasteiger partial charge in [0, 0.05) is 68.1 Å². The highest BCUT2D eigenvalue weighted by Crippen LogP contribution is 2.40. The van der Waals surface area contributed by atoms with Crippen molar-refractivity contribution in [3.8, 4) is 5.75 Å². The van der Waals surface area contributed by atoms with Gasteiger partial charge in [-0.3, -0.25) is 0 Å². The van der Waals surface area contributed by atoms with E-state index in [2.05, 4.69) is 47.8 Å². The number of halogens is 1. The van der Waals surface area contributed by atoms with Gasteiger partial charge in [0.2, 0.25) is 5.95 Å². The molecule has 172 valence electrons. The standard InChI is InChI=1S/C24H25BrN4O3S/c1-33(30,31)20-7-5-18(6-8-20)29-14-11-21-22(29)3-2-4-23(21)32-19-9-12-28(13-10-19)24-26-15-17(25)16-27-24/h2-8,15-16,19H,9-14H2,1H3. The van der Waals surface area contributed by atoms with E-state index >= 15 is 0 Å². The van der Waals surface area contributed by atoms with Gasteiger partial charge >= 0.3 is 0 Å². The molecular formula is C24H25BrN4O3S. The average molecular weight is 529 g/mol. The molecular weight excluding hydrogens is 504 g/mol. The second kappa shape index (κ2) is 8.95. The Labute approximate surface area is 202 Å². The number of benzene rings is 2. The molecule has 0 amide bonds. The molecule has 3 heterocycles. The van der Waals surface area contributed by atoms with E-state index in [-0.39, 0.29) is 6.10 Å². The zero-order chi connectivity index (χ0) is 23.0. The van der Waals surface area contributed by atoms with E-state index in [1.807, 2.05) is 18.2 Å². The van der Waals surface area contributed by atoms with Crippen LogP contribution in [0.5, 0.6) is 5.75 Å². The van der Waals surface area contributed by atoms with Crippen LogP contribution in [0.25, 0.3) is 0 Å². The third-order valence-corrected chi connectivity index (χ3v) is 7.72. The van der Waals surface area contributed by atoms with Crippen molar-refractivity contribution in [3.05, 3.63) is 64.9 Å². The van der Waals surface area contributed by atoms with Crippen molar-refractivity contribution in [2.75, 3.05) is 35.7 Å². The lowest BCUT2D eigenvalue weighted by Crippen LogP contribution is -2.39. The smallest absolute Gasteiger partial charge is 0.225 e. The summed E-state index contributed by atoms with van der Waals surface area (Å²) in [7, 11) is -3.20. The largest absolute Gasteiger partial charge is 0.490 e. The Morgan fingerprint density at radius 1 is 1.00 bits per heavy atom. The van der Waals surface area contributed by atoms with Gasteiger partial charge in [-0.1, -0.05) is 6.07 Å². The first-order chi connectivity index (χ1) is 15.9. The van der Waals surface area contributed by atoms with Crippen molar-refractivity contribution >= 4 is 43.1 Å². The number of anilines is 3. The van der Waals surface area contributed by atoms with Gasteiger partial charge in [0.1, 0.15) is 11.9 Å². The van der Waals surface area contributed by atoms with Gasteiger partial charge in [-0.25, -0.2) is 18.4 Å². The molecule has 0 saturated carbocycles. The van der Waals surface area contributed by atoms with Gasteiger partial charge in [-0.15, -0.1) is 0 Å². The monoisotopic (exact) mass is 528 g/mol. The maximum Gasteiger partial charge on any atom is 0.225 e. The molecule has 0 N–H and O–H groups in total. The number of nitrogens with zero attached hydrogens (tertiary/aromatic N) is 4. The van der Waals surface area contributed by atoms with E-state index < -0.39 is 9.84 Å². The summed E-state index contributed by atoms with van der Waals surface area (Å²) in [6.45, 7) is 2.56. The van der Waals surface area contributed by atoms with Gasteiger partial charge in [-0.05, 0) is 58.7 Å². The fourth-order valence-corrected chi connectivity index (χ4v) is 5.31. The normalized spacial score (nSPS) is 16.7. The molecule has 33 heavy (non-hydrogen) atoms. The van der Waals surface area contributed by atoms with E-state index in [0.717, 1.165) is 66.4 Å². The van der Waals surface area contributed by atoms with Crippen molar-refractivity contribution < 1.29 is 13.2 Å². The summed E-state index contributed by atoms with van der Waals surface area (Å²) in [4.78, 5) is 13.6. The van der Waals surface area contributed by atoms with Crippen molar-refractivity contribution in [2.45, 2.75) is 30.3 Å². The van der Waals surface area contributed by atoms with Crippen LogP contribution in [0.1, 0.15) is 18.4 Å². The SMILES string of the molecule is CS(=O)(=O)c1ccc(N2CCc3c(OC4CCN(c5ncc(Br)cn5)CC4)cccc32)cc1. The Morgan fingerprint density at radius 3 is 2.36 bits per heavy atom. The lowest BCUT2D eigenvalue weighted by Gasteiger charge is -2.32. The topological polar surface area (TPSA) is 75.6 Å². The van der Waals surface area contributed by atoms with Crippen molar-refractivity contribution in [3.63, 3.8) is 0 Å². The van der Waals surface area contributed by atoms with Crippen LogP contribution in [0.15, 0.2) is 64.2 Å². The van der Waals surface area contributed by atoms with Crippen LogP contribution in [0.4, 0.5) is 17.3 Å². The fourth-order valence-electron chi connectivity index (χ4n) is 4.48. The molecule has 3 aromatic rings. The maximum atomic E-state index is 11.8. The minimum Gasteiger partial charge on any atom is -0.490 e. The molecule has 0 atom stereocenters. The minimum atomic E-state index is -3.20. The Balaban J connectivity index is 1.27. The molecule has 1 aromatic heterocycles. The van der Waals surface area contributed by atoms with Gasteiger partial charge in [0.25, 0.3) is 0 Å². The van der Waals surface area contributed by atoms with Crippen LogP contribution in [-0.2, 0) is 16.3 Å². The van der Waals surface area contributed by atoms with Crippen LogP contribution in [0.2, 0.25) is 0 Å². The number of fused-ring (bicyclic) bond motifs is 1. The highest BCUT2D eigenvalue weighted by Gasteiger charge is 2.27. The molecule has 0 spiro atoms. The van der Waals surface area contributed by atoms with Gasteiger partial charge < -0.3 is 14.5 Å². The number of hydrogen-bond donors (Lipinski definition) is 0. The predicted octanol–water partition coefficient (Wildman–Crippen LogP) is 4.38. The first kappa shape index (κ1) is 22.2. The van der Waals surface area contributed by atoms with Crippen LogP contribution in [0, 0.1) is 0 Å². The summed E-state index contributed by atoms with van der Waals surface area (Å²) in [5.41, 5.74) is 3.32. The molecule has 5 rings (SSSR count). The summed E-state index contributed by atoms with van der Waals surface area (Å²) >= 11 is 3.38. The summed E-state index contributed by atoms with van der Waals surface area (Å²) in [5, 5.41) is 0. The van der Waals surface area contributed by atoms with Gasteiger partial charge in [-0.2, -0.15) is 0 Å². The van der Waals surface area contributed by atoms with Crippen LogP contribution in [-0.4, -0.2) is 50.4 Å². The summed E-state index contributed by atoms with van der Waals surface area (Å²) in [6.07, 6.45) is 7.67. The third kappa shape index (κ3) is 4.70. The Hall–Kier alpha value is -2.65. The zero-order valence-corrected chi connectivity index (χ0v) is 20.7. The van der Waals surface area contributed by atoms with Crippen LogP contribution < -0.4 is 14.5 Å². The van der Waals surface area contributed by atoms with E-state index in [9.17, 15) is 8.42 Å². The summed E-state index contributed by atoms with van der Waals surface area (Å²) in [6, 6.07) is 13.3. The van der Waals surface area contributed by atoms with Gasteiger partial charge in [0.15, 0.2) is 9.84 Å². The zero-order valence-electron chi connectivity index (χ0n) is 18.3. The number of ether oxygens (including phenoxy) is 1. The lowest BCUT2D eigenvalue weighted by atomic mass is 10.1. The van der Waals surface area contributed by atoms with Crippen molar-refractivity contribution in [1.29, 1.82) is 0 Å². The molecule has 0 radical (unpaired) electrons. The van der Waals surface area contributed by atoms with Gasteiger partial charge in [0.05, 0.1) is 9.37 Å². The van der Waals surface area contributed by atoms with E-state index in [4.69, 9.17) is 4.74 Å². The van der Waals surface area contributed by atoms with Crippen LogP contribution >= 0.6 is 15.9 Å². The Kier molecular flexibility index (Phi) is 6.01. The van der Waals surface area contributed by atoms with E-state index in [1.165, 1.54) is 11.8 Å². The third-order valence-electron chi connectivity index (χ3n) is 6.19. The number of rotatable bonds is 5. The first-order valence-corrected chi connectivity index (χ1v) is 13.7. The predicted molar refractivity (Wildman–Crippen MR) is 132 cm³/mol. The molecule has 0 unspecified atom stereocenters. The van der Waals surface area contributed by atoms with E-state index in [1.54, 1.807) is 24.5 Å². The fraction of sp³-hybridized carbons (Fsp3) is 0.333. The average Bonchev–Trinajstić information content (AvgIpc) is 3.25. The lowest BCUT2D eigenvalue weighted by molar-refractivity contribution is 0.169. The first-order valence-electron chi connectivity index (χ1n) is 11.0. The highest BCUT2D eigenvalue weighted by molar-refractivity contribution is 9.10. The Morgan fingerprint density at radius 2 is 1.70 bits per heavy atom. The number of hydrogen-bond acceptors (Lipinski definition) is 7. The molecule has 7 nitrogen and oxygen atoms in total. The van der Waals surface area contributed by atoms with Crippen molar-refractivity contribution in [2.24, 2.45) is 0 Å². The van der Waals surface area contributed by atoms with E-state index in [0.29, 0.717) is 4.90 Å². The number of aromatic nitrogens is 2. The molecule has 1 saturated heterocycles. The summed E-state index contributed by atoms with van der Waals surface area (Å²) in [5.74, 6) is 1.70. The maximum absolute atomic E-state index is 11.8. The Bertz CT molecular complexity index is 1240. The molecule has 2 aliphatic heterocycles. The molecule has 9 heteroatoms. The molecule has 0 aliphatic carbocycles. The highest BCUT2D eigenvalue weighted by atomic mass is 79.9. The second-order valence-corrected chi connectivity index (χ2v) is 11.4. The van der Waals surface area contributed by atoms with Crippen molar-refractivity contribution in [1.82, 2.24) is 9.97 Å². The van der Waals surface area contributed by atoms with Crippen LogP contribution in [0.3, 0.4) is 0 Å². The number of sulfone groups is 1. The molecule has 2 aliphatic rings. The quantitative estimate of drug-likeness (QED) is 0.486. The molecule has 0 bridgehead atoms. The number of piperidine rings is 1.